The largest absolute Gasteiger partial charge is 0.417 e. The second kappa shape index (κ2) is 35.2. The van der Waals surface area contributed by atoms with Crippen LogP contribution in [0.5, 0.6) is 0 Å². The number of carbonyl (C=O) groups excluding carboxylic acids is 12. The van der Waals surface area contributed by atoms with Crippen molar-refractivity contribution in [2.24, 2.45) is 17.8 Å². The SMILES string of the molecule is CC(C)=CC[C@@H]1NC(=O)[C@H](CC(C)C)N(C)C(=O)C[C@@H](C(=O)N2CCCCC2)N(C)C(=O)[C@H](C(C)C)N(C)C(=O)C2(CCCC2)NC(=O)[C@@H]2CCCN2C(=O)[C@H](CCc2ccc(C(F)(F)F)c(Cl)c2)NC(=O)CN(C)C(=O)[C@H](CC2CCCCC2)N(C)C(=O)[C@@H]2CCN2C(=O)[C@H](C)N(C)C1=O. The summed E-state index contributed by atoms with van der Waals surface area (Å²) in [5.74, 6) is -8.51. The number of hydrogen-bond acceptors (Lipinski definition) is 12. The van der Waals surface area contributed by atoms with E-state index < -0.39 is 166 Å². The number of benzene rings is 1. The highest BCUT2D eigenvalue weighted by Crippen LogP contribution is 2.38. The molecule has 0 radical (unpaired) electrons. The number of halogens is 4. The van der Waals surface area contributed by atoms with Gasteiger partial charge in [0.2, 0.25) is 70.9 Å². The molecule has 562 valence electrons. The summed E-state index contributed by atoms with van der Waals surface area (Å²) in [5.41, 5.74) is -1.54. The molecule has 0 aromatic heterocycles. The number of carbonyl (C=O) groups is 12. The fourth-order valence-corrected chi connectivity index (χ4v) is 15.8. The van der Waals surface area contributed by atoms with Gasteiger partial charge in [-0.15, -0.1) is 0 Å². The summed E-state index contributed by atoms with van der Waals surface area (Å²) in [7, 11) is 8.58. The lowest BCUT2D eigenvalue weighted by Gasteiger charge is -2.45. The molecule has 1 aromatic carbocycles. The summed E-state index contributed by atoms with van der Waals surface area (Å²) in [6.07, 6.45) is 5.04. The zero-order chi connectivity index (χ0) is 74.7. The second-order valence-electron chi connectivity index (χ2n) is 30.2. The van der Waals surface area contributed by atoms with Gasteiger partial charge >= 0.3 is 6.18 Å². The Morgan fingerprint density at radius 3 is 1.86 bits per heavy atom. The molecule has 4 heterocycles. The average Bonchev–Trinajstić information content (AvgIpc) is 1.25. The Bertz CT molecular complexity index is 3240. The molecule has 0 bridgehead atoms. The number of aryl methyl sites for hydroxylation is 1. The molecular formula is C73H110ClF3N12O12. The first kappa shape index (κ1) is 81.0. The maximum Gasteiger partial charge on any atom is 0.417 e. The van der Waals surface area contributed by atoms with E-state index in [1.165, 1.54) is 89.6 Å². The van der Waals surface area contributed by atoms with Crippen molar-refractivity contribution in [3.05, 3.63) is 46.0 Å². The van der Waals surface area contributed by atoms with Gasteiger partial charge in [-0.3, -0.25) is 57.5 Å². The zero-order valence-electron chi connectivity index (χ0n) is 61.6. The molecule has 101 heavy (non-hydrogen) atoms. The van der Waals surface area contributed by atoms with Crippen molar-refractivity contribution in [3.8, 4) is 0 Å². The van der Waals surface area contributed by atoms with E-state index in [2.05, 4.69) is 16.0 Å². The van der Waals surface area contributed by atoms with Gasteiger partial charge in [0.1, 0.15) is 59.9 Å². The monoisotopic (exact) mass is 1440 g/mol. The minimum absolute atomic E-state index is 0.00738. The number of piperidine rings is 1. The van der Waals surface area contributed by atoms with Crippen LogP contribution >= 0.6 is 11.6 Å². The fraction of sp³-hybridized carbons (Fsp3) is 0.726. The molecule has 9 atom stereocenters. The Labute approximate surface area is 598 Å². The van der Waals surface area contributed by atoms with Crippen molar-refractivity contribution in [3.63, 3.8) is 0 Å². The molecule has 2 saturated carbocycles. The van der Waals surface area contributed by atoms with E-state index in [9.17, 15) is 46.7 Å². The maximum atomic E-state index is 15.5. The van der Waals surface area contributed by atoms with Crippen LogP contribution in [0.3, 0.4) is 0 Å². The molecule has 28 heteroatoms. The van der Waals surface area contributed by atoms with Gasteiger partial charge in [0, 0.05) is 68.5 Å². The van der Waals surface area contributed by atoms with Crippen LogP contribution in [-0.4, -0.2) is 250 Å². The predicted octanol–water partition coefficient (Wildman–Crippen LogP) is 6.34. The Hall–Kier alpha value is -7.32. The number of alkyl halides is 3. The third-order valence-electron chi connectivity index (χ3n) is 21.8. The molecule has 1 spiro atoms. The molecule has 12 amide bonds. The first-order chi connectivity index (χ1) is 47.5. The van der Waals surface area contributed by atoms with Crippen LogP contribution < -0.4 is 16.0 Å². The van der Waals surface area contributed by atoms with Crippen LogP contribution in [0.1, 0.15) is 188 Å². The highest BCUT2D eigenvalue weighted by atomic mass is 35.5. The minimum Gasteiger partial charge on any atom is -0.343 e. The Balaban J connectivity index is 1.29. The second-order valence-corrected chi connectivity index (χ2v) is 30.6. The Morgan fingerprint density at radius 2 is 1.28 bits per heavy atom. The van der Waals surface area contributed by atoms with Crippen molar-refractivity contribution >= 4 is 82.5 Å². The summed E-state index contributed by atoms with van der Waals surface area (Å²) in [6.45, 7) is 12.6. The molecule has 24 nitrogen and oxygen atoms in total. The number of hydrogen-bond donors (Lipinski definition) is 3. The van der Waals surface area contributed by atoms with Crippen LogP contribution in [0.2, 0.25) is 5.02 Å². The third kappa shape index (κ3) is 19.7. The molecule has 3 N–H and O–H groups in total. The standard InChI is InChI=1S/C73H110ClF3N12O12/c1-44(2)26-30-52-65(95)82(9)47(7)64(94)89-38-32-55(89)68(98)84(11)57(41-48-23-16-14-17-24-48)67(97)81(8)43-59(90)78-53(31-28-49-27-29-50(51(74)40-49)73(75,76)77)66(96)88-37-22-25-54(88)63(93)80-72(33-18-19-34-72)71(101)86(13)61(46(5)6)70(100)85(12)58(69(99)87-35-20-15-21-36-87)42-60(91)83(10)56(39-45(3)4)62(92)79-52/h26-27,29,40,45-48,52-58,61H,14-25,28,30-39,41-43H2,1-13H3,(H,78,90)(H,79,92)(H,80,93)/t47-,52-,53-,54-,55-,56-,57-,58-,61-/m0/s1. The number of likely N-dealkylation sites (tertiary alicyclic amines) is 1. The van der Waals surface area contributed by atoms with Gasteiger partial charge in [-0.05, 0) is 140 Å². The molecule has 2 aliphatic carbocycles. The third-order valence-corrected chi connectivity index (χ3v) is 22.1. The van der Waals surface area contributed by atoms with Crippen molar-refractivity contribution in [1.29, 1.82) is 0 Å². The molecule has 7 rings (SSSR count). The quantitative estimate of drug-likeness (QED) is 0.205. The van der Waals surface area contributed by atoms with Gasteiger partial charge in [-0.25, -0.2) is 0 Å². The number of fused-ring (bicyclic) bond motifs is 2. The topological polar surface area (TPSA) is 270 Å². The summed E-state index contributed by atoms with van der Waals surface area (Å²) < 4.78 is 41.6. The lowest BCUT2D eigenvalue weighted by atomic mass is 9.84. The number of likely N-dealkylation sites (N-methyl/N-ethyl adjacent to an activating group) is 6. The van der Waals surface area contributed by atoms with E-state index >= 15 is 24.0 Å². The molecule has 1 aromatic rings. The van der Waals surface area contributed by atoms with Crippen LogP contribution in [0, 0.1) is 17.8 Å². The highest BCUT2D eigenvalue weighted by molar-refractivity contribution is 6.31. The molecular weight excluding hydrogens is 1330 g/mol. The predicted molar refractivity (Wildman–Crippen MR) is 374 cm³/mol. The van der Waals surface area contributed by atoms with E-state index in [0.29, 0.717) is 50.8 Å². The summed E-state index contributed by atoms with van der Waals surface area (Å²) in [4.78, 5) is 192. The van der Waals surface area contributed by atoms with Crippen molar-refractivity contribution < 1.29 is 70.7 Å². The van der Waals surface area contributed by atoms with Crippen molar-refractivity contribution in [2.45, 2.75) is 249 Å². The molecule has 0 unspecified atom stereocenters. The van der Waals surface area contributed by atoms with Gasteiger partial charge in [0.25, 0.3) is 0 Å². The first-order valence-electron chi connectivity index (χ1n) is 36.4. The maximum absolute atomic E-state index is 15.5. The van der Waals surface area contributed by atoms with Gasteiger partial charge < -0.3 is 60.0 Å². The number of nitrogens with one attached hydrogen (secondary N) is 3. The lowest BCUT2D eigenvalue weighted by Crippen LogP contribution is -2.65. The number of rotatable bonds is 11. The zero-order valence-corrected chi connectivity index (χ0v) is 62.3. The lowest BCUT2D eigenvalue weighted by molar-refractivity contribution is -0.160. The van der Waals surface area contributed by atoms with Crippen LogP contribution in [0.4, 0.5) is 13.2 Å². The van der Waals surface area contributed by atoms with E-state index in [0.717, 1.165) is 61.1 Å². The van der Waals surface area contributed by atoms with E-state index in [1.54, 1.807) is 24.8 Å². The molecule has 6 aliphatic rings. The normalized spacial score (nSPS) is 27.3. The van der Waals surface area contributed by atoms with Crippen LogP contribution in [0.15, 0.2) is 29.8 Å². The van der Waals surface area contributed by atoms with Crippen LogP contribution in [0.25, 0.3) is 0 Å². The Morgan fingerprint density at radius 1 is 0.644 bits per heavy atom. The first-order valence-corrected chi connectivity index (χ1v) is 36.8. The number of amides is 12. The van der Waals surface area contributed by atoms with Crippen molar-refractivity contribution in [1.82, 2.24) is 60.0 Å². The van der Waals surface area contributed by atoms with Gasteiger partial charge in [-0.2, -0.15) is 13.2 Å². The number of nitrogens with zero attached hydrogens (tertiary/aromatic N) is 9. The minimum atomic E-state index is -4.76. The van der Waals surface area contributed by atoms with E-state index in [-0.39, 0.29) is 82.7 Å². The van der Waals surface area contributed by atoms with Crippen molar-refractivity contribution in [2.75, 3.05) is 75.0 Å². The molecule has 4 aliphatic heterocycles. The smallest absolute Gasteiger partial charge is 0.343 e. The average molecular weight is 1440 g/mol. The van der Waals surface area contributed by atoms with Gasteiger partial charge in [-0.1, -0.05) is 102 Å². The molecule has 4 saturated heterocycles. The summed E-state index contributed by atoms with van der Waals surface area (Å²) in [5, 5.41) is 8.12. The highest BCUT2D eigenvalue weighted by Gasteiger charge is 2.51. The van der Waals surface area contributed by atoms with E-state index in [4.69, 9.17) is 11.6 Å². The fourth-order valence-electron chi connectivity index (χ4n) is 15.4. The molecule has 6 fully saturated rings. The Kier molecular flexibility index (Phi) is 28.3. The number of allylic oxidation sites excluding steroid dienone is 1. The van der Waals surface area contributed by atoms with Gasteiger partial charge in [0.15, 0.2) is 0 Å². The summed E-state index contributed by atoms with van der Waals surface area (Å²) in [6, 6.07) is -7.96. The van der Waals surface area contributed by atoms with E-state index in [1.807, 2.05) is 27.7 Å². The summed E-state index contributed by atoms with van der Waals surface area (Å²) >= 11 is 6.16. The van der Waals surface area contributed by atoms with Gasteiger partial charge in [0.05, 0.1) is 23.6 Å². The van der Waals surface area contributed by atoms with Crippen LogP contribution in [-0.2, 0) is 70.1 Å².